The summed E-state index contributed by atoms with van der Waals surface area (Å²) in [6.07, 6.45) is 1.41. The van der Waals surface area contributed by atoms with Gasteiger partial charge < -0.3 is 29.3 Å². The van der Waals surface area contributed by atoms with Gasteiger partial charge in [-0.15, -0.1) is 0 Å². The number of carbonyl (C=O) groups excluding carboxylic acids is 2. The third-order valence-corrected chi connectivity index (χ3v) is 10.5. The molecule has 0 fully saturated rings. The van der Waals surface area contributed by atoms with Crippen LogP contribution in [-0.2, 0) is 14.8 Å². The highest BCUT2D eigenvalue weighted by Crippen LogP contribution is 2.29. The Balaban J connectivity index is 1.66. The second-order valence-electron chi connectivity index (χ2n) is 12.3. The fourth-order valence-corrected chi connectivity index (χ4v) is 7.07. The molecule has 3 aromatic rings. The number of likely N-dealkylation sites (N-methyl/N-ethyl adjacent to an activating group) is 1. The Hall–Kier alpha value is -3.78. The van der Waals surface area contributed by atoms with E-state index in [4.69, 9.17) is 14.0 Å². The lowest BCUT2D eigenvalue weighted by Crippen LogP contribution is -2.48. The van der Waals surface area contributed by atoms with Gasteiger partial charge in [-0.3, -0.25) is 9.59 Å². The van der Waals surface area contributed by atoms with Crippen LogP contribution in [0.25, 0.3) is 0 Å². The van der Waals surface area contributed by atoms with Gasteiger partial charge >= 0.3 is 0 Å². The monoisotopic (exact) mass is 670 g/mol. The number of rotatable bonds is 8. The number of hydrogen-bond donors (Lipinski definition) is 2. The smallest absolute Gasteiger partial charge is 0.258 e. The van der Waals surface area contributed by atoms with Gasteiger partial charge in [0, 0.05) is 43.9 Å². The maximum Gasteiger partial charge on any atom is 0.258 e. The molecule has 1 aromatic heterocycles. The fourth-order valence-electron chi connectivity index (χ4n) is 5.61. The second kappa shape index (κ2) is 15.9. The van der Waals surface area contributed by atoms with Gasteiger partial charge in [-0.25, -0.2) is 8.42 Å². The van der Waals surface area contributed by atoms with Crippen LogP contribution < -0.4 is 10.1 Å². The molecule has 0 spiro atoms. The van der Waals surface area contributed by atoms with E-state index in [1.54, 1.807) is 68.1 Å². The number of benzene rings is 2. The zero-order valence-electron chi connectivity index (χ0n) is 27.9. The van der Waals surface area contributed by atoms with Crippen molar-refractivity contribution >= 4 is 27.5 Å². The fraction of sp³-hybridized carbons (Fsp3) is 0.500. The first kappa shape index (κ1) is 36.1. The van der Waals surface area contributed by atoms with Gasteiger partial charge in [-0.2, -0.15) is 4.31 Å². The highest BCUT2D eigenvalue weighted by atomic mass is 32.2. The van der Waals surface area contributed by atoms with Crippen molar-refractivity contribution in [2.45, 2.75) is 77.0 Å². The molecule has 12 nitrogen and oxygen atoms in total. The van der Waals surface area contributed by atoms with Crippen molar-refractivity contribution in [2.75, 3.05) is 38.7 Å². The van der Waals surface area contributed by atoms with E-state index < -0.39 is 28.1 Å². The van der Waals surface area contributed by atoms with Crippen LogP contribution in [0, 0.1) is 19.8 Å². The van der Waals surface area contributed by atoms with E-state index in [1.165, 1.54) is 11.4 Å². The average molecular weight is 671 g/mol. The van der Waals surface area contributed by atoms with E-state index >= 15 is 0 Å². The summed E-state index contributed by atoms with van der Waals surface area (Å²) in [5, 5.41) is 16.9. The summed E-state index contributed by atoms with van der Waals surface area (Å²) >= 11 is 0. The van der Waals surface area contributed by atoms with Crippen LogP contribution in [0.15, 0.2) is 57.9 Å². The SMILES string of the molecule is Cc1noc(C)c1S(=O)(=O)N(C)C[C@H]1OCCCC[C@H](C)Oc2ccc(NC(=O)c3ccccc3)cc2C(=O)N([C@H](C)CO)C[C@H]1C. The van der Waals surface area contributed by atoms with Gasteiger partial charge in [0.25, 0.3) is 11.8 Å². The molecule has 0 aliphatic carbocycles. The number of hydrogen-bond acceptors (Lipinski definition) is 9. The number of sulfonamides is 1. The standard InChI is InChI=1S/C34H46N4O8S/c1-22-19-38(23(2)21-39)34(41)29-18-28(35-33(40)27-13-8-7-9-14-27)15-16-30(29)45-24(3)12-10-11-17-44-31(22)20-37(6)47(42,43)32-25(4)36-46-26(32)5/h7-9,13-16,18,22-24,31,39H,10-12,17,19-21H2,1-6H3,(H,35,40)/t22-,23-,24+,31-/m1/s1. The van der Waals surface area contributed by atoms with Gasteiger partial charge in [0.1, 0.15) is 16.3 Å². The first-order valence-corrected chi connectivity index (χ1v) is 17.4. The van der Waals surface area contributed by atoms with E-state index in [0.29, 0.717) is 30.0 Å². The number of aryl methyl sites for hydroxylation is 2. The van der Waals surface area contributed by atoms with E-state index in [9.17, 15) is 23.1 Å². The molecule has 0 bridgehead atoms. The summed E-state index contributed by atoms with van der Waals surface area (Å²) in [5.74, 6) is -0.486. The Bertz CT molecular complexity index is 1610. The molecule has 0 saturated heterocycles. The van der Waals surface area contributed by atoms with Crippen molar-refractivity contribution in [2.24, 2.45) is 5.92 Å². The van der Waals surface area contributed by atoms with Crippen LogP contribution >= 0.6 is 0 Å². The summed E-state index contributed by atoms with van der Waals surface area (Å²) in [5.41, 5.74) is 1.40. The van der Waals surface area contributed by atoms with Crippen LogP contribution in [0.5, 0.6) is 5.75 Å². The number of aliphatic hydroxyl groups excluding tert-OH is 1. The van der Waals surface area contributed by atoms with Crippen molar-refractivity contribution in [1.29, 1.82) is 0 Å². The van der Waals surface area contributed by atoms with Crippen LogP contribution in [0.3, 0.4) is 0 Å². The summed E-state index contributed by atoms with van der Waals surface area (Å²) in [7, 11) is -2.45. The molecular formula is C34H46N4O8S. The molecule has 13 heteroatoms. The molecule has 0 radical (unpaired) electrons. The molecule has 2 aromatic carbocycles. The Morgan fingerprint density at radius 1 is 1.15 bits per heavy atom. The molecule has 2 N–H and O–H groups in total. The normalized spacial score (nSPS) is 20.6. The van der Waals surface area contributed by atoms with Crippen molar-refractivity contribution in [3.63, 3.8) is 0 Å². The predicted molar refractivity (Wildman–Crippen MR) is 177 cm³/mol. The lowest BCUT2D eigenvalue weighted by molar-refractivity contribution is -0.00835. The number of ether oxygens (including phenoxy) is 2. The summed E-state index contributed by atoms with van der Waals surface area (Å²) in [6, 6.07) is 13.2. The zero-order chi connectivity index (χ0) is 34.3. The summed E-state index contributed by atoms with van der Waals surface area (Å²) in [4.78, 5) is 28.8. The zero-order valence-corrected chi connectivity index (χ0v) is 28.7. The van der Waals surface area contributed by atoms with Gasteiger partial charge in [-0.1, -0.05) is 30.3 Å². The molecule has 4 rings (SSSR count). The molecule has 2 amide bonds. The Morgan fingerprint density at radius 2 is 1.87 bits per heavy atom. The maximum atomic E-state index is 14.3. The lowest BCUT2D eigenvalue weighted by atomic mass is 10.0. The number of carbonyl (C=O) groups is 2. The van der Waals surface area contributed by atoms with Gasteiger partial charge in [0.2, 0.25) is 10.0 Å². The molecule has 47 heavy (non-hydrogen) atoms. The number of anilines is 1. The van der Waals surface area contributed by atoms with E-state index in [2.05, 4.69) is 10.5 Å². The molecular weight excluding hydrogens is 624 g/mol. The van der Waals surface area contributed by atoms with Crippen molar-refractivity contribution < 1.29 is 37.1 Å². The maximum absolute atomic E-state index is 14.3. The topological polar surface area (TPSA) is 152 Å². The Labute approximate surface area is 277 Å². The van der Waals surface area contributed by atoms with Gasteiger partial charge in [0.05, 0.1) is 30.4 Å². The minimum absolute atomic E-state index is 0.0227. The highest BCUT2D eigenvalue weighted by Gasteiger charge is 2.34. The van der Waals surface area contributed by atoms with E-state index in [-0.39, 0.29) is 59.5 Å². The van der Waals surface area contributed by atoms with Crippen LogP contribution in [0.1, 0.15) is 72.2 Å². The van der Waals surface area contributed by atoms with Crippen LogP contribution in [0.2, 0.25) is 0 Å². The van der Waals surface area contributed by atoms with Crippen LogP contribution in [-0.4, -0.2) is 91.3 Å². The molecule has 4 atom stereocenters. The minimum atomic E-state index is -3.94. The largest absolute Gasteiger partial charge is 0.490 e. The molecule has 256 valence electrons. The highest BCUT2D eigenvalue weighted by molar-refractivity contribution is 7.89. The van der Waals surface area contributed by atoms with Gasteiger partial charge in [-0.05, 0) is 77.3 Å². The molecule has 1 aliphatic rings. The molecule has 0 saturated carbocycles. The number of aromatic nitrogens is 1. The first-order chi connectivity index (χ1) is 22.3. The average Bonchev–Trinajstić information content (AvgIpc) is 3.40. The number of amides is 2. The third kappa shape index (κ3) is 8.78. The van der Waals surface area contributed by atoms with Crippen molar-refractivity contribution in [3.05, 3.63) is 71.1 Å². The Kier molecular flexibility index (Phi) is 12.2. The Morgan fingerprint density at radius 3 is 2.53 bits per heavy atom. The van der Waals surface area contributed by atoms with E-state index in [1.807, 2.05) is 19.9 Å². The van der Waals surface area contributed by atoms with Gasteiger partial charge in [0.15, 0.2) is 5.76 Å². The second-order valence-corrected chi connectivity index (χ2v) is 14.3. The molecule has 0 unspecified atom stereocenters. The molecule has 1 aliphatic heterocycles. The van der Waals surface area contributed by atoms with Crippen molar-refractivity contribution in [3.8, 4) is 5.75 Å². The number of nitrogens with one attached hydrogen (secondary N) is 1. The third-order valence-electron chi connectivity index (χ3n) is 8.42. The summed E-state index contributed by atoms with van der Waals surface area (Å²) < 4.78 is 46.0. The number of fused-ring (bicyclic) bond motifs is 1. The first-order valence-electron chi connectivity index (χ1n) is 15.9. The quantitative estimate of drug-likeness (QED) is 0.349. The number of aliphatic hydroxyl groups is 1. The minimum Gasteiger partial charge on any atom is -0.490 e. The molecule has 2 heterocycles. The van der Waals surface area contributed by atoms with Crippen molar-refractivity contribution in [1.82, 2.24) is 14.4 Å². The number of nitrogens with zero attached hydrogens (tertiary/aromatic N) is 3. The van der Waals surface area contributed by atoms with Crippen LogP contribution in [0.4, 0.5) is 5.69 Å². The predicted octanol–water partition coefficient (Wildman–Crippen LogP) is 4.66. The lowest BCUT2D eigenvalue weighted by Gasteiger charge is -2.35. The van der Waals surface area contributed by atoms with E-state index in [0.717, 1.165) is 12.8 Å². The summed E-state index contributed by atoms with van der Waals surface area (Å²) in [6.45, 7) is 8.97.